The number of benzene rings is 2. The van der Waals surface area contributed by atoms with Crippen LogP contribution in [0.2, 0.25) is 0 Å². The van der Waals surface area contributed by atoms with Gasteiger partial charge in [0.1, 0.15) is 5.75 Å². The number of hydrogen-bond donors (Lipinski definition) is 2. The second-order valence-corrected chi connectivity index (χ2v) is 4.39. The van der Waals surface area contributed by atoms with E-state index in [4.69, 9.17) is 9.84 Å². The van der Waals surface area contributed by atoms with Crippen LogP contribution in [-0.2, 0) is 0 Å². The Morgan fingerprint density at radius 1 is 1.05 bits per heavy atom. The molecule has 2 aromatic carbocycles. The van der Waals surface area contributed by atoms with Gasteiger partial charge in [0.25, 0.3) is 0 Å². The lowest BCUT2D eigenvalue weighted by Gasteiger charge is -2.15. The van der Waals surface area contributed by atoms with Crippen LogP contribution in [0.3, 0.4) is 0 Å². The van der Waals surface area contributed by atoms with Gasteiger partial charge in [0.05, 0.1) is 0 Å². The Morgan fingerprint density at radius 3 is 2.18 bits per heavy atom. The van der Waals surface area contributed by atoms with Gasteiger partial charge >= 0.3 is 12.3 Å². The molecule has 0 aliphatic rings. The van der Waals surface area contributed by atoms with E-state index in [1.54, 1.807) is 30.3 Å². The maximum atomic E-state index is 12.3. The SMILES string of the molecule is O=C(Nc1ccc(C(O)C(F)(F)F)cc1)Oc1ccccc1. The van der Waals surface area contributed by atoms with E-state index in [1.807, 2.05) is 0 Å². The summed E-state index contributed by atoms with van der Waals surface area (Å²) in [6, 6.07) is 13.0. The average Bonchev–Trinajstić information content (AvgIpc) is 2.47. The van der Waals surface area contributed by atoms with Crippen LogP contribution < -0.4 is 10.1 Å². The molecule has 0 fully saturated rings. The zero-order valence-corrected chi connectivity index (χ0v) is 11.2. The second-order valence-electron chi connectivity index (χ2n) is 4.39. The van der Waals surface area contributed by atoms with Crippen LogP contribution in [0.4, 0.5) is 23.7 Å². The molecular weight excluding hydrogens is 299 g/mol. The van der Waals surface area contributed by atoms with Gasteiger partial charge in [0.2, 0.25) is 0 Å². The Balaban J connectivity index is 1.98. The highest BCUT2D eigenvalue weighted by Crippen LogP contribution is 2.32. The second kappa shape index (κ2) is 6.48. The van der Waals surface area contributed by atoms with E-state index in [1.165, 1.54) is 12.1 Å². The minimum absolute atomic E-state index is 0.249. The summed E-state index contributed by atoms with van der Waals surface area (Å²) in [5.41, 5.74) is -0.0615. The third-order valence-corrected chi connectivity index (χ3v) is 2.74. The molecule has 0 saturated carbocycles. The molecule has 2 aromatic rings. The number of hydrogen-bond acceptors (Lipinski definition) is 3. The number of rotatable bonds is 3. The summed E-state index contributed by atoms with van der Waals surface area (Å²) >= 11 is 0. The topological polar surface area (TPSA) is 58.6 Å². The van der Waals surface area contributed by atoms with Crippen molar-refractivity contribution in [2.24, 2.45) is 0 Å². The summed E-state index contributed by atoms with van der Waals surface area (Å²) in [5, 5.41) is 11.5. The van der Waals surface area contributed by atoms with Crippen LogP contribution in [0.25, 0.3) is 0 Å². The van der Waals surface area contributed by atoms with Crippen LogP contribution >= 0.6 is 0 Å². The minimum atomic E-state index is -4.73. The maximum Gasteiger partial charge on any atom is 0.418 e. The average molecular weight is 311 g/mol. The standard InChI is InChI=1S/C15H12F3NO3/c16-15(17,18)13(20)10-6-8-11(9-7-10)19-14(21)22-12-4-2-1-3-5-12/h1-9,13,20H,(H,19,21). The quantitative estimate of drug-likeness (QED) is 0.904. The Bertz CT molecular complexity index is 627. The lowest BCUT2D eigenvalue weighted by atomic mass is 10.1. The Labute approximate surface area is 124 Å². The molecule has 1 amide bonds. The number of halogens is 3. The summed E-state index contributed by atoms with van der Waals surface area (Å²) in [6.45, 7) is 0. The first kappa shape index (κ1) is 15.8. The van der Waals surface area contributed by atoms with Crippen LogP contribution in [0.15, 0.2) is 54.6 Å². The van der Waals surface area contributed by atoms with Crippen molar-refractivity contribution < 1.29 is 27.8 Å². The number of carbonyl (C=O) groups excluding carboxylic acids is 1. The number of amides is 1. The zero-order chi connectivity index (χ0) is 16.2. The number of anilines is 1. The summed E-state index contributed by atoms with van der Waals surface area (Å²) in [7, 11) is 0. The molecule has 1 unspecified atom stereocenters. The first-order valence-corrected chi connectivity index (χ1v) is 6.25. The molecular formula is C15H12F3NO3. The van der Waals surface area contributed by atoms with Crippen molar-refractivity contribution in [1.29, 1.82) is 0 Å². The van der Waals surface area contributed by atoms with E-state index < -0.39 is 18.4 Å². The van der Waals surface area contributed by atoms with Crippen molar-refractivity contribution in [2.75, 3.05) is 5.32 Å². The van der Waals surface area contributed by atoms with E-state index in [9.17, 15) is 18.0 Å². The number of alkyl halides is 3. The van der Waals surface area contributed by atoms with Gasteiger partial charge in [-0.3, -0.25) is 5.32 Å². The minimum Gasteiger partial charge on any atom is -0.410 e. The monoisotopic (exact) mass is 311 g/mol. The number of nitrogens with one attached hydrogen (secondary N) is 1. The molecule has 116 valence electrons. The Kier molecular flexibility index (Phi) is 4.67. The molecule has 22 heavy (non-hydrogen) atoms. The smallest absolute Gasteiger partial charge is 0.410 e. The molecule has 0 saturated heterocycles. The molecule has 0 spiro atoms. The highest BCUT2D eigenvalue weighted by molar-refractivity contribution is 5.86. The van der Waals surface area contributed by atoms with Crippen molar-refractivity contribution in [3.05, 3.63) is 60.2 Å². The lowest BCUT2D eigenvalue weighted by molar-refractivity contribution is -0.206. The van der Waals surface area contributed by atoms with Gasteiger partial charge < -0.3 is 9.84 Å². The molecule has 0 heterocycles. The first-order chi connectivity index (χ1) is 10.4. The van der Waals surface area contributed by atoms with Gasteiger partial charge in [-0.2, -0.15) is 13.2 Å². The predicted molar refractivity (Wildman–Crippen MR) is 73.5 cm³/mol. The normalized spacial score (nSPS) is 12.5. The van der Waals surface area contributed by atoms with Crippen LogP contribution in [0.1, 0.15) is 11.7 Å². The van der Waals surface area contributed by atoms with Gasteiger partial charge in [-0.05, 0) is 29.8 Å². The molecule has 4 nitrogen and oxygen atoms in total. The fraction of sp³-hybridized carbons (Fsp3) is 0.133. The highest BCUT2D eigenvalue weighted by Gasteiger charge is 2.39. The number of para-hydroxylation sites is 1. The van der Waals surface area contributed by atoms with Crippen molar-refractivity contribution in [3.63, 3.8) is 0 Å². The largest absolute Gasteiger partial charge is 0.418 e. The predicted octanol–water partition coefficient (Wildman–Crippen LogP) is 3.89. The zero-order valence-electron chi connectivity index (χ0n) is 11.2. The molecule has 0 aliphatic heterocycles. The lowest BCUT2D eigenvalue weighted by Crippen LogP contribution is -2.20. The molecule has 2 rings (SSSR count). The fourth-order valence-corrected chi connectivity index (χ4v) is 1.68. The highest BCUT2D eigenvalue weighted by atomic mass is 19.4. The van der Waals surface area contributed by atoms with Crippen molar-refractivity contribution in [2.45, 2.75) is 12.3 Å². The van der Waals surface area contributed by atoms with Gasteiger partial charge in [0, 0.05) is 5.69 Å². The van der Waals surface area contributed by atoms with Gasteiger partial charge in [-0.25, -0.2) is 4.79 Å². The van der Waals surface area contributed by atoms with Gasteiger partial charge in [-0.15, -0.1) is 0 Å². The first-order valence-electron chi connectivity index (χ1n) is 6.25. The van der Waals surface area contributed by atoms with E-state index in [2.05, 4.69) is 5.32 Å². The Morgan fingerprint density at radius 2 is 1.64 bits per heavy atom. The van der Waals surface area contributed by atoms with E-state index in [0.29, 0.717) is 5.75 Å². The summed E-state index contributed by atoms with van der Waals surface area (Å²) in [6.07, 6.45) is -8.06. The van der Waals surface area contributed by atoms with Crippen LogP contribution in [0, 0.1) is 0 Å². The number of aliphatic hydroxyl groups excluding tert-OH is 1. The fourth-order valence-electron chi connectivity index (χ4n) is 1.68. The number of aliphatic hydroxyl groups is 1. The van der Waals surface area contributed by atoms with E-state index in [0.717, 1.165) is 12.1 Å². The van der Waals surface area contributed by atoms with Crippen molar-refractivity contribution in [3.8, 4) is 5.75 Å². The summed E-state index contributed by atoms with van der Waals surface area (Å²) in [4.78, 5) is 11.6. The van der Waals surface area contributed by atoms with E-state index >= 15 is 0 Å². The number of ether oxygens (including phenoxy) is 1. The molecule has 1 atom stereocenters. The number of carbonyl (C=O) groups is 1. The van der Waals surface area contributed by atoms with Gasteiger partial charge in [-0.1, -0.05) is 30.3 Å². The molecule has 0 aromatic heterocycles. The molecule has 2 N–H and O–H groups in total. The molecule has 0 bridgehead atoms. The summed E-state index contributed by atoms with van der Waals surface area (Å²) in [5.74, 6) is 0.337. The molecule has 7 heteroatoms. The third-order valence-electron chi connectivity index (χ3n) is 2.74. The maximum absolute atomic E-state index is 12.3. The third kappa shape index (κ3) is 4.23. The molecule has 0 radical (unpaired) electrons. The van der Waals surface area contributed by atoms with E-state index in [-0.39, 0.29) is 11.3 Å². The van der Waals surface area contributed by atoms with Crippen LogP contribution in [-0.4, -0.2) is 17.4 Å². The van der Waals surface area contributed by atoms with Crippen LogP contribution in [0.5, 0.6) is 5.75 Å². The van der Waals surface area contributed by atoms with Gasteiger partial charge in [0.15, 0.2) is 6.10 Å². The van der Waals surface area contributed by atoms with Crippen molar-refractivity contribution in [1.82, 2.24) is 0 Å². The summed E-state index contributed by atoms with van der Waals surface area (Å²) < 4.78 is 42.0. The Hall–Kier alpha value is -2.54. The van der Waals surface area contributed by atoms with Crippen molar-refractivity contribution >= 4 is 11.8 Å². The molecule has 0 aliphatic carbocycles.